The summed E-state index contributed by atoms with van der Waals surface area (Å²) in [5.74, 6) is -0.148. The van der Waals surface area contributed by atoms with Gasteiger partial charge in [-0.2, -0.15) is 0 Å². The normalized spacial score (nSPS) is 21.4. The number of anilines is 1. The summed E-state index contributed by atoms with van der Waals surface area (Å²) in [4.78, 5) is 28.4. The molecule has 1 aromatic carbocycles. The first-order valence-electron chi connectivity index (χ1n) is 7.53. The number of imide groups is 1. The number of β-amino-alcohol motifs (C(OH)–C–C–N with tert-alkyl or cyclic N) is 1. The summed E-state index contributed by atoms with van der Waals surface area (Å²) in [6.45, 7) is -0.126. The Bertz CT molecular complexity index is 538. The molecule has 0 aromatic heterocycles. The minimum absolute atomic E-state index is 0.0722. The fourth-order valence-corrected chi connectivity index (χ4v) is 3.54. The highest BCUT2D eigenvalue weighted by Gasteiger charge is 2.57. The number of carbonyl (C=O) groups excluding carboxylic acids is 2. The maximum absolute atomic E-state index is 12.8. The fraction of sp³-hybridized carbons (Fsp3) is 0.500. The number of urea groups is 1. The Labute approximate surface area is 124 Å². The second kappa shape index (κ2) is 5.48. The van der Waals surface area contributed by atoms with Crippen molar-refractivity contribution in [2.75, 3.05) is 18.1 Å². The van der Waals surface area contributed by atoms with Crippen LogP contribution < -0.4 is 4.90 Å². The molecule has 1 aliphatic heterocycles. The van der Waals surface area contributed by atoms with E-state index >= 15 is 0 Å². The molecule has 0 radical (unpaired) electrons. The molecule has 1 N–H and O–H groups in total. The number of para-hydroxylation sites is 1. The Balaban J connectivity index is 2.05. The maximum atomic E-state index is 12.8. The zero-order valence-electron chi connectivity index (χ0n) is 12.0. The number of aliphatic hydroxyl groups is 1. The summed E-state index contributed by atoms with van der Waals surface area (Å²) in [5.41, 5.74) is 0.0180. The van der Waals surface area contributed by atoms with Crippen molar-refractivity contribution in [3.05, 3.63) is 30.3 Å². The highest BCUT2D eigenvalue weighted by molar-refractivity contribution is 6.16. The number of aliphatic hydroxyl groups excluding tert-OH is 1. The molecule has 2 aliphatic rings. The fourth-order valence-electron chi connectivity index (χ4n) is 3.54. The molecule has 1 aliphatic carbocycles. The summed E-state index contributed by atoms with van der Waals surface area (Å²) in [5, 5.41) is 9.14. The second-order valence-electron chi connectivity index (χ2n) is 5.73. The first-order valence-corrected chi connectivity index (χ1v) is 7.53. The summed E-state index contributed by atoms with van der Waals surface area (Å²) in [6, 6.07) is 9.07. The smallest absolute Gasteiger partial charge is 0.332 e. The van der Waals surface area contributed by atoms with Gasteiger partial charge in [-0.15, -0.1) is 0 Å². The van der Waals surface area contributed by atoms with Crippen LogP contribution in [0.3, 0.4) is 0 Å². The zero-order chi connectivity index (χ0) is 14.9. The minimum Gasteiger partial charge on any atom is -0.395 e. The molecule has 1 heterocycles. The van der Waals surface area contributed by atoms with Gasteiger partial charge < -0.3 is 5.11 Å². The van der Waals surface area contributed by atoms with Gasteiger partial charge in [-0.1, -0.05) is 37.5 Å². The van der Waals surface area contributed by atoms with Crippen LogP contribution in [0.5, 0.6) is 0 Å². The Kier molecular flexibility index (Phi) is 3.68. The van der Waals surface area contributed by atoms with Crippen molar-refractivity contribution in [2.24, 2.45) is 0 Å². The molecular formula is C16H20N2O3. The monoisotopic (exact) mass is 288 g/mol. The van der Waals surface area contributed by atoms with Crippen molar-refractivity contribution in [3.8, 4) is 0 Å². The minimum atomic E-state index is -0.744. The van der Waals surface area contributed by atoms with Crippen LogP contribution in [0.25, 0.3) is 0 Å². The van der Waals surface area contributed by atoms with Crippen LogP contribution in [0.1, 0.15) is 32.1 Å². The van der Waals surface area contributed by atoms with Crippen molar-refractivity contribution < 1.29 is 14.7 Å². The van der Waals surface area contributed by atoms with Gasteiger partial charge in [0.25, 0.3) is 5.91 Å². The number of hydrogen-bond acceptors (Lipinski definition) is 3. The van der Waals surface area contributed by atoms with Crippen molar-refractivity contribution in [2.45, 2.75) is 37.6 Å². The summed E-state index contributed by atoms with van der Waals surface area (Å²) < 4.78 is 0. The third-order valence-corrected chi connectivity index (χ3v) is 4.51. The molecule has 5 heteroatoms. The molecule has 1 spiro atoms. The summed E-state index contributed by atoms with van der Waals surface area (Å²) in [7, 11) is 0. The van der Waals surface area contributed by atoms with Crippen LogP contribution >= 0.6 is 0 Å². The van der Waals surface area contributed by atoms with Crippen LogP contribution in [-0.4, -0.2) is 40.6 Å². The van der Waals surface area contributed by atoms with E-state index in [0.717, 1.165) is 24.9 Å². The first-order chi connectivity index (χ1) is 10.2. The molecule has 1 saturated carbocycles. The van der Waals surface area contributed by atoms with Crippen LogP contribution in [-0.2, 0) is 4.79 Å². The average molecular weight is 288 g/mol. The molecular weight excluding hydrogens is 268 g/mol. The molecule has 0 bridgehead atoms. The van der Waals surface area contributed by atoms with Gasteiger partial charge >= 0.3 is 6.03 Å². The highest BCUT2D eigenvalue weighted by Crippen LogP contribution is 2.42. The Hall–Kier alpha value is -1.88. The molecule has 1 aromatic rings. The Morgan fingerprint density at radius 3 is 2.33 bits per heavy atom. The van der Waals surface area contributed by atoms with Crippen molar-refractivity contribution in [3.63, 3.8) is 0 Å². The topological polar surface area (TPSA) is 60.9 Å². The first kappa shape index (κ1) is 14.1. The van der Waals surface area contributed by atoms with Crippen LogP contribution in [0.2, 0.25) is 0 Å². The maximum Gasteiger partial charge on any atom is 0.332 e. The SMILES string of the molecule is O=C1N(CCO)C(=O)C2(CCCCC2)N1c1ccccc1. The number of amides is 3. The summed E-state index contributed by atoms with van der Waals surface area (Å²) >= 11 is 0. The van der Waals surface area contributed by atoms with Crippen LogP contribution in [0, 0.1) is 0 Å². The Morgan fingerprint density at radius 1 is 1.05 bits per heavy atom. The lowest BCUT2D eigenvalue weighted by molar-refractivity contribution is -0.132. The van der Waals surface area contributed by atoms with Gasteiger partial charge in [0.1, 0.15) is 5.54 Å². The van der Waals surface area contributed by atoms with E-state index in [1.807, 2.05) is 30.3 Å². The molecule has 2 fully saturated rings. The third-order valence-electron chi connectivity index (χ3n) is 4.51. The molecule has 1 saturated heterocycles. The Morgan fingerprint density at radius 2 is 1.71 bits per heavy atom. The van der Waals surface area contributed by atoms with Gasteiger partial charge in [0.2, 0.25) is 0 Å². The van der Waals surface area contributed by atoms with Gasteiger partial charge in [-0.3, -0.25) is 14.6 Å². The zero-order valence-corrected chi connectivity index (χ0v) is 12.0. The predicted octanol–water partition coefficient (Wildman–Crippen LogP) is 2.15. The standard InChI is InChI=1S/C16H20N2O3/c19-12-11-17-14(20)16(9-5-2-6-10-16)18(15(17)21)13-7-3-1-4-8-13/h1,3-4,7-8,19H,2,5-6,9-12H2. The number of nitrogens with zero attached hydrogens (tertiary/aromatic N) is 2. The van der Waals surface area contributed by atoms with E-state index in [-0.39, 0.29) is 25.1 Å². The third kappa shape index (κ3) is 2.12. The van der Waals surface area contributed by atoms with E-state index in [1.165, 1.54) is 4.90 Å². The van der Waals surface area contributed by atoms with E-state index in [0.29, 0.717) is 12.8 Å². The summed E-state index contributed by atoms with van der Waals surface area (Å²) in [6.07, 6.45) is 4.42. The highest BCUT2D eigenvalue weighted by atomic mass is 16.3. The van der Waals surface area contributed by atoms with Crippen LogP contribution in [0.4, 0.5) is 10.5 Å². The molecule has 0 unspecified atom stereocenters. The van der Waals surface area contributed by atoms with Crippen LogP contribution in [0.15, 0.2) is 30.3 Å². The number of rotatable bonds is 3. The van der Waals surface area contributed by atoms with Gasteiger partial charge in [0, 0.05) is 5.69 Å². The lowest BCUT2D eigenvalue weighted by Gasteiger charge is -2.38. The second-order valence-corrected chi connectivity index (χ2v) is 5.73. The van der Waals surface area contributed by atoms with Gasteiger partial charge in [-0.05, 0) is 25.0 Å². The molecule has 112 valence electrons. The average Bonchev–Trinajstić information content (AvgIpc) is 2.71. The van der Waals surface area contributed by atoms with Gasteiger partial charge in [-0.25, -0.2) is 4.79 Å². The lowest BCUT2D eigenvalue weighted by Crippen LogP contribution is -2.51. The molecule has 21 heavy (non-hydrogen) atoms. The number of hydrogen-bond donors (Lipinski definition) is 1. The number of benzene rings is 1. The predicted molar refractivity (Wildman–Crippen MR) is 78.9 cm³/mol. The molecule has 0 atom stereocenters. The molecule has 3 rings (SSSR count). The van der Waals surface area contributed by atoms with E-state index in [4.69, 9.17) is 5.11 Å². The van der Waals surface area contributed by atoms with E-state index < -0.39 is 5.54 Å². The molecule has 5 nitrogen and oxygen atoms in total. The van der Waals surface area contributed by atoms with E-state index in [1.54, 1.807) is 4.90 Å². The quantitative estimate of drug-likeness (QED) is 0.867. The van der Waals surface area contributed by atoms with E-state index in [2.05, 4.69) is 0 Å². The van der Waals surface area contributed by atoms with Crippen molar-refractivity contribution in [1.82, 2.24) is 4.90 Å². The lowest BCUT2D eigenvalue weighted by atomic mass is 9.80. The van der Waals surface area contributed by atoms with Gasteiger partial charge in [0.15, 0.2) is 0 Å². The largest absolute Gasteiger partial charge is 0.395 e. The van der Waals surface area contributed by atoms with Crippen molar-refractivity contribution >= 4 is 17.6 Å². The van der Waals surface area contributed by atoms with Gasteiger partial charge in [0.05, 0.1) is 13.2 Å². The molecule has 3 amide bonds. The van der Waals surface area contributed by atoms with E-state index in [9.17, 15) is 9.59 Å². The number of carbonyl (C=O) groups is 2. The van der Waals surface area contributed by atoms with Crippen molar-refractivity contribution in [1.29, 1.82) is 0 Å².